The first-order chi connectivity index (χ1) is 32.6. The Bertz CT molecular complexity index is 3030. The largest absolute Gasteiger partial charge is 1.00 e. The number of aryl methyl sites for hydroxylation is 2. The van der Waals surface area contributed by atoms with Gasteiger partial charge in [-0.3, -0.25) is 24.0 Å². The Morgan fingerprint density at radius 3 is 1.43 bits per heavy atom. The SMILES string of the molecule is Cc1cc(C2=NOC(C)(c3cc(Cl)cc(Cl)c3)C2)ccc1C(=O)CC1CS(=N)(=O)C1.Cc1cc(C2=NOC(C)(c3cc(Cl)cc(Cl)c3)C2)ccc1C(=O)CC1CS(=O)(=NC(=O)C(F)(F)F)C1.O=CO[O-].[H-].[K+].[K+]. The molecule has 0 radical (unpaired) electrons. The number of rotatable bonds is 11. The van der Waals surface area contributed by atoms with Gasteiger partial charge in [-0.25, -0.2) is 8.42 Å². The maximum atomic E-state index is 12.8. The van der Waals surface area contributed by atoms with E-state index in [2.05, 4.69) is 19.6 Å². The molecule has 2 fully saturated rings. The second-order valence-electron chi connectivity index (χ2n) is 17.8. The van der Waals surface area contributed by atoms with Crippen molar-refractivity contribution in [1.29, 1.82) is 4.78 Å². The Kier molecular flexibility index (Phi) is 22.4. The number of Topliss-reactive ketones (excluding diaryl/α,β-unsaturated/α-hetero) is 2. The number of amides is 1. The standard InChI is InChI=1S/C24H21Cl2F3N2O4S.C22H22Cl2N2O3S.CH2O3.2K.H/c1-13-5-15(20-10-23(2,35-30-20)16-7-17(25)9-18(26)8-16)3-4-19(13)21(32)6-14-11-36(34,12-14)31-22(33)24(27,28)29;1-13-5-15(3-4-19(13)21(27)6-14-11-30(25,28)12-14)20-10-22(2,29-26-20)16-7-17(23)9-18(24)8-16;2-1-4-3;;;/h3-5,7-9,14H,6,10-12H2,1-2H3;3-5,7-9,14,25H,6,10-12H2,1-2H3;1,3H;;;/q;;;2*+1;-1/p-1. The summed E-state index contributed by atoms with van der Waals surface area (Å²) >= 11 is 24.5. The molecule has 0 aromatic heterocycles. The van der Waals surface area contributed by atoms with Crippen molar-refractivity contribution in [3.63, 3.8) is 0 Å². The third-order valence-corrected chi connectivity index (χ3v) is 17.2. The van der Waals surface area contributed by atoms with Crippen LogP contribution in [-0.4, -0.2) is 73.0 Å². The molecule has 8 rings (SSSR count). The molecule has 1 amide bonds. The fourth-order valence-electron chi connectivity index (χ4n) is 8.39. The minimum absolute atomic E-state index is 0. The maximum Gasteiger partial charge on any atom is 1.00 e. The minimum atomic E-state index is -5.16. The Balaban J connectivity index is 0.000000350. The van der Waals surface area contributed by atoms with Gasteiger partial charge in [0.1, 0.15) is 0 Å². The average Bonchev–Trinajstić information content (AvgIpc) is 3.86. The summed E-state index contributed by atoms with van der Waals surface area (Å²) in [7, 11) is -5.68. The van der Waals surface area contributed by atoms with Crippen LogP contribution in [0.5, 0.6) is 0 Å². The van der Waals surface area contributed by atoms with Crippen molar-refractivity contribution in [2.24, 2.45) is 26.5 Å². The number of ketones is 2. The number of nitrogens with one attached hydrogen (secondary N) is 1. The van der Waals surface area contributed by atoms with Crippen molar-refractivity contribution >= 4 is 101 Å². The molecule has 72 heavy (non-hydrogen) atoms. The third-order valence-electron chi connectivity index (χ3n) is 11.9. The Labute approximate surface area is 521 Å². The van der Waals surface area contributed by atoms with E-state index in [1.807, 2.05) is 57.2 Å². The second kappa shape index (κ2) is 25.7. The quantitative estimate of drug-likeness (QED) is 0.0742. The molecule has 2 saturated heterocycles. The fraction of sp³-hybridized carbons (Fsp3) is 0.362. The van der Waals surface area contributed by atoms with E-state index in [9.17, 15) is 36.0 Å². The number of carbonyl (C=O) groups is 4. The van der Waals surface area contributed by atoms with E-state index in [0.717, 1.165) is 33.5 Å². The summed E-state index contributed by atoms with van der Waals surface area (Å²) in [6.45, 7) is 7.31. The number of halogens is 7. The predicted molar refractivity (Wildman–Crippen MR) is 260 cm³/mol. The van der Waals surface area contributed by atoms with Gasteiger partial charge in [-0.1, -0.05) is 81.0 Å². The van der Waals surface area contributed by atoms with Crippen molar-refractivity contribution in [2.75, 3.05) is 23.0 Å². The summed E-state index contributed by atoms with van der Waals surface area (Å²) in [5.74, 6) is -2.65. The first kappa shape index (κ1) is 62.9. The van der Waals surface area contributed by atoms with E-state index in [1.165, 1.54) is 0 Å². The van der Waals surface area contributed by atoms with Crippen molar-refractivity contribution < 1.29 is 165 Å². The van der Waals surface area contributed by atoms with E-state index in [4.69, 9.17) is 70.9 Å². The number of oxime groups is 2. The van der Waals surface area contributed by atoms with Crippen LogP contribution in [0.2, 0.25) is 20.1 Å². The van der Waals surface area contributed by atoms with Crippen LogP contribution in [0.15, 0.2) is 87.5 Å². The number of hydrogen-bond donors (Lipinski definition) is 1. The summed E-state index contributed by atoms with van der Waals surface area (Å²) in [4.78, 5) is 59.2. The number of carbonyl (C=O) groups excluding carboxylic acids is 4. The van der Waals surface area contributed by atoms with Gasteiger partial charge in [-0.15, -0.1) is 0 Å². The van der Waals surface area contributed by atoms with Gasteiger partial charge in [0.15, 0.2) is 22.8 Å². The van der Waals surface area contributed by atoms with Crippen molar-refractivity contribution in [2.45, 2.75) is 70.8 Å². The molecule has 0 saturated carbocycles. The zero-order valence-electron chi connectivity index (χ0n) is 40.7. The topological polar surface area (TPSA) is 214 Å². The van der Waals surface area contributed by atoms with Crippen molar-refractivity contribution in [3.8, 4) is 0 Å². The normalized spacial score (nSPS) is 24.7. The number of hydrogen-bond acceptors (Lipinski definition) is 13. The minimum Gasteiger partial charge on any atom is -1.00 e. The Hall–Kier alpha value is -1.62. The molecule has 1 N–H and O–H groups in total. The van der Waals surface area contributed by atoms with Crippen molar-refractivity contribution in [1.82, 2.24) is 0 Å². The molecule has 4 aromatic rings. The van der Waals surface area contributed by atoms with Gasteiger partial charge < -0.3 is 21.2 Å². The zero-order valence-corrected chi connectivity index (χ0v) is 50.6. The summed E-state index contributed by atoms with van der Waals surface area (Å²) < 4.78 is 71.2. The number of benzene rings is 4. The first-order valence-electron chi connectivity index (χ1n) is 21.2. The van der Waals surface area contributed by atoms with Crippen LogP contribution >= 0.6 is 46.4 Å². The van der Waals surface area contributed by atoms with E-state index >= 15 is 0 Å². The second-order valence-corrected chi connectivity index (χ2v) is 24.2. The molecule has 376 valence electrons. The molecule has 0 aliphatic carbocycles. The number of alkyl halides is 3. The van der Waals surface area contributed by atoms with E-state index in [-0.39, 0.29) is 146 Å². The van der Waals surface area contributed by atoms with Crippen LogP contribution < -0.4 is 108 Å². The predicted octanol–water partition coefficient (Wildman–Crippen LogP) is 4.25. The van der Waals surface area contributed by atoms with Crippen LogP contribution in [0, 0.1) is 30.5 Å². The molecular formula is C47H45Cl4F3K2N4O10S2. The van der Waals surface area contributed by atoms with Crippen LogP contribution in [0.4, 0.5) is 13.2 Å². The average molecular weight is 1170 g/mol. The van der Waals surface area contributed by atoms with Gasteiger partial charge in [-0.05, 0) is 110 Å². The van der Waals surface area contributed by atoms with Gasteiger partial charge in [0, 0.05) is 101 Å². The monoisotopic (exact) mass is 1160 g/mol. The first-order valence-corrected chi connectivity index (χ1v) is 26.4. The third kappa shape index (κ3) is 16.2. The van der Waals surface area contributed by atoms with Gasteiger partial charge in [0.25, 0.3) is 6.47 Å². The van der Waals surface area contributed by atoms with Gasteiger partial charge in [0.05, 0.1) is 21.2 Å². The molecule has 4 aromatic carbocycles. The summed E-state index contributed by atoms with van der Waals surface area (Å²) in [5, 5.41) is 19.0. The van der Waals surface area contributed by atoms with E-state index in [1.54, 1.807) is 43.3 Å². The molecule has 0 spiro atoms. The Morgan fingerprint density at radius 1 is 0.750 bits per heavy atom. The molecule has 4 aliphatic rings. The molecule has 0 bridgehead atoms. The van der Waals surface area contributed by atoms with Gasteiger partial charge in [0.2, 0.25) is 0 Å². The Morgan fingerprint density at radius 2 is 1.11 bits per heavy atom. The summed E-state index contributed by atoms with van der Waals surface area (Å²) in [6.07, 6.45) is -3.81. The van der Waals surface area contributed by atoms with Gasteiger partial charge >= 0.3 is 115 Å². The molecule has 14 nitrogen and oxygen atoms in total. The summed E-state index contributed by atoms with van der Waals surface area (Å²) in [5.41, 5.74) is 6.03. The molecule has 25 heteroatoms. The van der Waals surface area contributed by atoms with Crippen LogP contribution in [-0.2, 0) is 54.8 Å². The van der Waals surface area contributed by atoms with Crippen LogP contribution in [0.25, 0.3) is 0 Å². The van der Waals surface area contributed by atoms with E-state index in [0.29, 0.717) is 73.3 Å². The fourth-order valence-corrected chi connectivity index (χ4v) is 13.3. The molecule has 2 unspecified atom stereocenters. The van der Waals surface area contributed by atoms with E-state index < -0.39 is 48.7 Å². The van der Waals surface area contributed by atoms with Gasteiger partial charge in [-0.2, -0.15) is 17.5 Å². The molecule has 4 aliphatic heterocycles. The molecule has 2 atom stereocenters. The van der Waals surface area contributed by atoms with Crippen LogP contribution in [0.1, 0.15) is 95.1 Å². The van der Waals surface area contributed by atoms with Crippen molar-refractivity contribution in [3.05, 3.63) is 137 Å². The van der Waals surface area contributed by atoms with Crippen LogP contribution in [0.3, 0.4) is 0 Å². The number of nitrogens with zero attached hydrogens (tertiary/aromatic N) is 3. The molecular weight excluding hydrogens is 1120 g/mol. The smallest absolute Gasteiger partial charge is 1.00 e. The molecule has 4 heterocycles. The maximum absolute atomic E-state index is 12.8. The zero-order chi connectivity index (χ0) is 51.6. The summed E-state index contributed by atoms with van der Waals surface area (Å²) in [6, 6.07) is 21.4.